The smallest absolute Gasteiger partial charge is 0.387 e. The number of hydrogen-bond donors (Lipinski definition) is 8. The molecule has 0 saturated heterocycles. The van der Waals surface area contributed by atoms with Gasteiger partial charge in [0.2, 0.25) is 5.91 Å². The molecule has 1 aliphatic rings. The standard InChI is InChI=1S/C49H96NO11P/c1-3-5-7-9-11-13-15-17-19-20-21-22-23-25-27-29-31-33-35-37-39-43(52)50-41(40-60-62(58,59)61-49-47(56)45(54)44(53)46(55)48(49)57)42(51)38-36-34-32-30-28-26-24-18-16-14-12-10-8-6-4-2/h36,38,41-42,44-49,51,53-57H,3-35,37,39-40H2,1-2H3,(H,50,52)(H,58,59)/b38-36+/t41-,42+,44?,45+,46?,47?,48?,49?/m0/s1. The third-order valence-electron chi connectivity index (χ3n) is 12.6. The van der Waals surface area contributed by atoms with Crippen LogP contribution >= 0.6 is 7.82 Å². The number of phosphoric acid groups is 1. The van der Waals surface area contributed by atoms with Gasteiger partial charge in [0.05, 0.1) is 18.8 Å². The number of carbonyl (C=O) groups excluding carboxylic acids is 1. The summed E-state index contributed by atoms with van der Waals surface area (Å²) in [7, 11) is -5.08. The van der Waals surface area contributed by atoms with Crippen LogP contribution in [0.25, 0.3) is 0 Å². The van der Waals surface area contributed by atoms with E-state index in [2.05, 4.69) is 19.2 Å². The number of aliphatic hydroxyl groups is 6. The van der Waals surface area contributed by atoms with Gasteiger partial charge in [0.1, 0.15) is 36.6 Å². The second-order valence-electron chi connectivity index (χ2n) is 18.4. The summed E-state index contributed by atoms with van der Waals surface area (Å²) >= 11 is 0. The van der Waals surface area contributed by atoms with Gasteiger partial charge in [0.15, 0.2) is 0 Å². The van der Waals surface area contributed by atoms with Crippen molar-refractivity contribution in [2.24, 2.45) is 0 Å². The van der Waals surface area contributed by atoms with Gasteiger partial charge in [-0.05, 0) is 19.3 Å². The maximum absolute atomic E-state index is 13.0. The van der Waals surface area contributed by atoms with E-state index < -0.39 is 63.2 Å². The lowest BCUT2D eigenvalue weighted by molar-refractivity contribution is -0.220. The van der Waals surface area contributed by atoms with Gasteiger partial charge >= 0.3 is 7.82 Å². The van der Waals surface area contributed by atoms with E-state index in [9.17, 15) is 44.9 Å². The van der Waals surface area contributed by atoms with Crippen molar-refractivity contribution in [1.82, 2.24) is 5.32 Å². The fourth-order valence-corrected chi connectivity index (χ4v) is 9.34. The van der Waals surface area contributed by atoms with Crippen molar-refractivity contribution in [3.63, 3.8) is 0 Å². The fourth-order valence-electron chi connectivity index (χ4n) is 8.38. The Balaban J connectivity index is 2.41. The van der Waals surface area contributed by atoms with Gasteiger partial charge in [-0.2, -0.15) is 0 Å². The molecule has 0 bridgehead atoms. The lowest BCUT2D eigenvalue weighted by Crippen LogP contribution is -2.64. The van der Waals surface area contributed by atoms with E-state index in [4.69, 9.17) is 9.05 Å². The molecule has 62 heavy (non-hydrogen) atoms. The number of allylic oxidation sites excluding steroid dienone is 1. The molecule has 1 rings (SSSR count). The Morgan fingerprint density at radius 2 is 0.855 bits per heavy atom. The number of nitrogens with one attached hydrogen (secondary N) is 1. The third-order valence-corrected chi connectivity index (χ3v) is 13.6. The second kappa shape index (κ2) is 39.3. The first-order chi connectivity index (χ1) is 29.9. The number of unbranched alkanes of at least 4 members (excludes halogenated alkanes) is 32. The van der Waals surface area contributed by atoms with Crippen molar-refractivity contribution < 1.29 is 53.9 Å². The molecule has 0 aliphatic heterocycles. The Hall–Kier alpha value is -0.920. The molecule has 0 spiro atoms. The van der Waals surface area contributed by atoms with Crippen molar-refractivity contribution >= 4 is 13.7 Å². The van der Waals surface area contributed by atoms with Crippen LogP contribution in [0.5, 0.6) is 0 Å². The van der Waals surface area contributed by atoms with Crippen molar-refractivity contribution in [3.05, 3.63) is 12.2 Å². The summed E-state index contributed by atoms with van der Waals surface area (Å²) in [6, 6.07) is -1.11. The van der Waals surface area contributed by atoms with Gasteiger partial charge in [0.25, 0.3) is 0 Å². The summed E-state index contributed by atoms with van der Waals surface area (Å²) in [5, 5.41) is 64.1. The van der Waals surface area contributed by atoms with Gasteiger partial charge in [-0.15, -0.1) is 0 Å². The molecular weight excluding hydrogens is 810 g/mol. The zero-order valence-electron chi connectivity index (χ0n) is 39.4. The van der Waals surface area contributed by atoms with E-state index in [1.807, 2.05) is 6.08 Å². The molecule has 12 nitrogen and oxygen atoms in total. The maximum atomic E-state index is 13.0. The predicted molar refractivity (Wildman–Crippen MR) is 251 cm³/mol. The fraction of sp³-hybridized carbons (Fsp3) is 0.939. The molecule has 1 saturated carbocycles. The molecule has 1 fully saturated rings. The molecule has 368 valence electrons. The van der Waals surface area contributed by atoms with Crippen molar-refractivity contribution in [1.29, 1.82) is 0 Å². The number of phosphoric ester groups is 1. The molecule has 9 atom stereocenters. The molecule has 0 aromatic rings. The minimum absolute atomic E-state index is 0.219. The van der Waals surface area contributed by atoms with Gasteiger partial charge in [0, 0.05) is 6.42 Å². The largest absolute Gasteiger partial charge is 0.472 e. The first kappa shape index (κ1) is 59.1. The highest BCUT2D eigenvalue weighted by Crippen LogP contribution is 2.47. The van der Waals surface area contributed by atoms with Crippen LogP contribution in [0.3, 0.4) is 0 Å². The topological polar surface area (TPSA) is 206 Å². The van der Waals surface area contributed by atoms with E-state index in [1.165, 1.54) is 167 Å². The number of amides is 1. The van der Waals surface area contributed by atoms with Crippen LogP contribution in [-0.2, 0) is 18.4 Å². The normalized spacial score (nSPS) is 22.5. The molecule has 13 heteroatoms. The first-order valence-electron chi connectivity index (χ1n) is 25.6. The van der Waals surface area contributed by atoms with Crippen molar-refractivity contribution in [2.45, 2.75) is 287 Å². The summed E-state index contributed by atoms with van der Waals surface area (Å²) in [5.41, 5.74) is 0. The van der Waals surface area contributed by atoms with E-state index >= 15 is 0 Å². The van der Waals surface area contributed by atoms with Crippen LogP contribution in [-0.4, -0.2) is 96.8 Å². The number of aliphatic hydroxyl groups excluding tert-OH is 6. The average Bonchev–Trinajstić information content (AvgIpc) is 3.25. The minimum Gasteiger partial charge on any atom is -0.387 e. The highest BCUT2D eigenvalue weighted by molar-refractivity contribution is 7.47. The SMILES string of the molecule is CCCCCCCCCCCCCCC/C=C/[C@@H](O)[C@H](COP(=O)(O)OC1C(O)C(O)C(O)[C@@H](O)C1O)NC(=O)CCCCCCCCCCCCCCCCCCCCCC. The van der Waals surface area contributed by atoms with E-state index in [0.29, 0.717) is 6.42 Å². The van der Waals surface area contributed by atoms with E-state index in [0.717, 1.165) is 44.9 Å². The minimum atomic E-state index is -5.08. The second-order valence-corrected chi connectivity index (χ2v) is 19.8. The number of hydrogen-bond acceptors (Lipinski definition) is 10. The molecule has 1 amide bonds. The predicted octanol–water partition coefficient (Wildman–Crippen LogP) is 10.4. The Kier molecular flexibility index (Phi) is 37.4. The Bertz CT molecular complexity index is 1100. The summed E-state index contributed by atoms with van der Waals surface area (Å²) in [6.07, 6.45) is 32.8. The Morgan fingerprint density at radius 1 is 0.532 bits per heavy atom. The average molecular weight is 906 g/mol. The molecule has 0 aromatic carbocycles. The van der Waals surface area contributed by atoms with Crippen LogP contribution in [0.15, 0.2) is 12.2 Å². The van der Waals surface area contributed by atoms with Crippen LogP contribution < -0.4 is 5.32 Å². The lowest BCUT2D eigenvalue weighted by Gasteiger charge is -2.41. The Morgan fingerprint density at radius 3 is 1.23 bits per heavy atom. The highest BCUT2D eigenvalue weighted by atomic mass is 31.2. The van der Waals surface area contributed by atoms with E-state index in [-0.39, 0.29) is 12.3 Å². The van der Waals surface area contributed by atoms with Crippen LogP contribution in [0, 0.1) is 0 Å². The molecule has 0 aromatic heterocycles. The summed E-state index contributed by atoms with van der Waals surface area (Å²) in [5.74, 6) is -0.336. The zero-order valence-corrected chi connectivity index (χ0v) is 40.3. The quantitative estimate of drug-likeness (QED) is 0.0164. The van der Waals surface area contributed by atoms with Crippen LogP contribution in [0.4, 0.5) is 0 Å². The summed E-state index contributed by atoms with van der Waals surface area (Å²) < 4.78 is 23.0. The maximum Gasteiger partial charge on any atom is 0.472 e. The number of carbonyl (C=O) groups is 1. The molecule has 0 heterocycles. The molecule has 1 aliphatic carbocycles. The summed E-state index contributed by atoms with van der Waals surface area (Å²) in [4.78, 5) is 23.4. The molecule has 6 unspecified atom stereocenters. The van der Waals surface area contributed by atoms with Gasteiger partial charge in [-0.1, -0.05) is 225 Å². The lowest BCUT2D eigenvalue weighted by atomic mass is 9.85. The van der Waals surface area contributed by atoms with E-state index in [1.54, 1.807) is 6.08 Å². The van der Waals surface area contributed by atoms with Gasteiger partial charge in [-0.3, -0.25) is 13.8 Å². The highest BCUT2D eigenvalue weighted by Gasteiger charge is 2.51. The summed E-state index contributed by atoms with van der Waals surface area (Å²) in [6.45, 7) is 3.87. The third kappa shape index (κ3) is 30.3. The van der Waals surface area contributed by atoms with Crippen LogP contribution in [0.2, 0.25) is 0 Å². The van der Waals surface area contributed by atoms with Gasteiger partial charge in [-0.25, -0.2) is 4.57 Å². The molecular formula is C49H96NO11P. The zero-order chi connectivity index (χ0) is 45.7. The van der Waals surface area contributed by atoms with Gasteiger partial charge < -0.3 is 40.8 Å². The number of rotatable bonds is 43. The monoisotopic (exact) mass is 906 g/mol. The van der Waals surface area contributed by atoms with Crippen molar-refractivity contribution in [2.75, 3.05) is 6.61 Å². The molecule has 0 radical (unpaired) electrons. The molecule has 8 N–H and O–H groups in total. The van der Waals surface area contributed by atoms with Crippen molar-refractivity contribution in [3.8, 4) is 0 Å². The Labute approximate surface area is 378 Å². The van der Waals surface area contributed by atoms with Crippen LogP contribution in [0.1, 0.15) is 239 Å². The first-order valence-corrected chi connectivity index (χ1v) is 27.1.